The van der Waals surface area contributed by atoms with Gasteiger partial charge in [0.05, 0.1) is 34.0 Å². The number of aromatic amines is 1. The molecule has 28 heteroatoms. The molecule has 0 saturated heterocycles. The van der Waals surface area contributed by atoms with Crippen molar-refractivity contribution >= 4 is 110 Å². The molecule has 0 atom stereocenters. The van der Waals surface area contributed by atoms with Crippen LogP contribution in [0.5, 0.6) is 0 Å². The van der Waals surface area contributed by atoms with Crippen molar-refractivity contribution in [2.24, 2.45) is 5.73 Å². The Hall–Kier alpha value is -6.95. The lowest BCUT2D eigenvalue weighted by Crippen LogP contribution is -2.26. The average Bonchev–Trinajstić information content (AvgIpc) is 1.56. The third-order valence-electron chi connectivity index (χ3n) is 10.7. The van der Waals surface area contributed by atoms with E-state index in [4.69, 9.17) is 25.9 Å². The smallest absolute Gasteiger partial charge is 0.357 e. The number of benzene rings is 5. The molecule has 0 aliphatic rings. The molecule has 0 saturated carbocycles. The molecule has 3 heterocycles. The van der Waals surface area contributed by atoms with Crippen LogP contribution >= 0.6 is 10.7 Å². The van der Waals surface area contributed by atoms with Crippen molar-refractivity contribution in [1.82, 2.24) is 26.9 Å². The molecule has 0 aliphatic carbocycles. The van der Waals surface area contributed by atoms with E-state index in [1.807, 2.05) is 125 Å². The summed E-state index contributed by atoms with van der Waals surface area (Å²) in [7, 11) is -6.24. The third-order valence-corrected chi connectivity index (χ3v) is 19.3. The molecule has 0 bridgehead atoms. The predicted molar refractivity (Wildman–Crippen MR) is 388 cm³/mol. The monoisotopic (exact) mass is 1430 g/mol. The lowest BCUT2D eigenvalue weighted by molar-refractivity contribution is 0.0505. The minimum atomic E-state index is -4.46. The Morgan fingerprint density at radius 2 is 0.734 bits per heavy atom. The van der Waals surface area contributed by atoms with E-state index in [9.17, 15) is 56.5 Å². The molecule has 4 N–H and O–H groups in total. The Labute approximate surface area is 567 Å². The Bertz CT molecular complexity index is 4080. The number of fused-ring (bicyclic) bond motifs is 3. The van der Waals surface area contributed by atoms with Crippen LogP contribution in [-0.2, 0) is 58.6 Å². The molecule has 22 nitrogen and oxygen atoms in total. The largest absolute Gasteiger partial charge is 0.461 e. The lowest BCUT2D eigenvalue weighted by atomic mass is 10.2. The van der Waals surface area contributed by atoms with Crippen molar-refractivity contribution in [1.29, 1.82) is 0 Å². The highest BCUT2D eigenvalue weighted by Crippen LogP contribution is 2.37. The number of carbonyl (C=O) groups excluding carboxylic acids is 3. The summed E-state index contributed by atoms with van der Waals surface area (Å²) >= 11 is 0. The molecule has 8 aromatic rings. The zero-order valence-electron chi connectivity index (χ0n) is 58.5. The quantitative estimate of drug-likeness (QED) is 0.0673. The maximum Gasteiger partial charge on any atom is 0.357 e. The number of nitrogens with zero attached hydrogens (tertiary/aromatic N) is 4. The molecule has 8 rings (SSSR count). The first kappa shape index (κ1) is 95.7. The van der Waals surface area contributed by atoms with Crippen LogP contribution in [0.15, 0.2) is 158 Å². The highest BCUT2D eigenvalue weighted by atomic mass is 35.7. The van der Waals surface area contributed by atoms with Gasteiger partial charge >= 0.3 is 11.9 Å². The van der Waals surface area contributed by atoms with Crippen LogP contribution in [0, 0.1) is 0 Å². The number of hydrogen-bond acceptors (Lipinski definition) is 16. The van der Waals surface area contributed by atoms with E-state index < -0.39 is 88.2 Å². The highest BCUT2D eigenvalue weighted by molar-refractivity contribution is 8.14. The first-order valence-electron chi connectivity index (χ1n) is 30.6. The molecule has 0 spiro atoms. The minimum Gasteiger partial charge on any atom is -0.461 e. The Morgan fingerprint density at radius 3 is 1.04 bits per heavy atom. The van der Waals surface area contributed by atoms with Gasteiger partial charge in [-0.15, -0.1) is 0 Å². The van der Waals surface area contributed by atoms with Crippen LogP contribution in [0.4, 0.5) is 0 Å². The first-order chi connectivity index (χ1) is 44.1. The van der Waals surface area contributed by atoms with Crippen LogP contribution in [0.1, 0.15) is 164 Å². The number of primary amides is 1. The number of nitrogens with two attached hydrogens (primary N) is 1. The molecule has 0 unspecified atom stereocenters. The third kappa shape index (κ3) is 24.1. The van der Waals surface area contributed by atoms with Crippen molar-refractivity contribution in [2.75, 3.05) is 55.5 Å². The Balaban J connectivity index is -0.000000376. The summed E-state index contributed by atoms with van der Waals surface area (Å²) in [5, 5.41) is 3.33. The van der Waals surface area contributed by atoms with E-state index >= 15 is 0 Å². The second kappa shape index (κ2) is 47.9. The van der Waals surface area contributed by atoms with Gasteiger partial charge in [0.2, 0.25) is 20.0 Å². The maximum atomic E-state index is 13.4. The fraction of sp³-hybridized carbons (Fsp3) is 0.409. The zero-order chi connectivity index (χ0) is 73.4. The number of halogens is 1. The molecular weight excluding hydrogens is 1330 g/mol. The number of H-pyrrole nitrogens is 1. The number of amides is 1. The number of para-hydroxylation sites is 3. The maximum absolute atomic E-state index is 13.4. The molecule has 0 aliphatic heterocycles. The van der Waals surface area contributed by atoms with Gasteiger partial charge in [-0.1, -0.05) is 209 Å². The molecule has 0 radical (unpaired) electrons. The summed E-state index contributed by atoms with van der Waals surface area (Å²) in [4.78, 5) is 38.2. The molecule has 1 amide bonds. The fourth-order valence-electron chi connectivity index (χ4n) is 7.44. The number of sulfonamides is 2. The fourth-order valence-corrected chi connectivity index (χ4v) is 14.4. The summed E-state index contributed by atoms with van der Waals surface area (Å²) in [6.45, 7) is 34.9. The van der Waals surface area contributed by atoms with Crippen LogP contribution in [0.2, 0.25) is 0 Å². The van der Waals surface area contributed by atoms with Crippen molar-refractivity contribution in [3.05, 3.63) is 151 Å². The van der Waals surface area contributed by atoms with Gasteiger partial charge in [-0.2, -0.15) is 0 Å². The van der Waals surface area contributed by atoms with Gasteiger partial charge in [-0.25, -0.2) is 68.2 Å². The number of hydrogen-bond donors (Lipinski definition) is 3. The van der Waals surface area contributed by atoms with E-state index in [0.717, 1.165) is 12.6 Å². The van der Waals surface area contributed by atoms with Crippen LogP contribution in [0.25, 0.3) is 32.7 Å². The number of rotatable bonds is 14. The molecule has 3 aromatic heterocycles. The summed E-state index contributed by atoms with van der Waals surface area (Å²) in [5.74, 6) is -2.94. The van der Waals surface area contributed by atoms with E-state index in [1.165, 1.54) is 108 Å². The lowest BCUT2D eigenvalue weighted by Gasteiger charge is -2.14. The SMILES string of the molecule is C.CC.CC.CC.CC.CC.CC.CC.CC.CCOC(=O)c1c(S(=O)(=O)Cl)c2ccccc2n1S(=O)(=O)c1ccccc1.CCOC(=O)c1c(S(=O)(=O)N(C)C)c2ccccc2n1S(=O)(=O)c1ccccc1.CN(C)S(=O)(=O)c1c(C(N)=O)[nH]c2ccccc12.CNC. The van der Waals surface area contributed by atoms with Crippen LogP contribution in [-0.4, -0.2) is 137 Å². The van der Waals surface area contributed by atoms with Crippen LogP contribution in [0.3, 0.4) is 0 Å². The first-order valence-corrected chi connectivity index (χ1v) is 38.7. The summed E-state index contributed by atoms with van der Waals surface area (Å²) in [6.07, 6.45) is 0. The Kier molecular flexibility index (Phi) is 48.7. The molecular formula is C66H106ClN7O15S5. The van der Waals surface area contributed by atoms with Gasteiger partial charge in [0.15, 0.2) is 11.4 Å². The second-order valence-corrected chi connectivity index (χ2v) is 26.5. The minimum absolute atomic E-state index is 0. The second-order valence-electron chi connectivity index (χ2n) is 16.2. The summed E-state index contributed by atoms with van der Waals surface area (Å²) in [6, 6.07) is 33.5. The summed E-state index contributed by atoms with van der Waals surface area (Å²) < 4.78 is 142. The van der Waals surface area contributed by atoms with Gasteiger partial charge in [0.1, 0.15) is 20.4 Å². The number of esters is 2. The van der Waals surface area contributed by atoms with Crippen molar-refractivity contribution in [2.45, 2.75) is 157 Å². The topological polar surface area (TPSA) is 311 Å². The Morgan fingerprint density at radius 1 is 0.457 bits per heavy atom. The van der Waals surface area contributed by atoms with Gasteiger partial charge in [-0.05, 0) is 70.4 Å². The molecule has 94 heavy (non-hydrogen) atoms. The average molecular weight is 1430 g/mol. The van der Waals surface area contributed by atoms with E-state index in [-0.39, 0.29) is 62.8 Å². The number of nitrogens with one attached hydrogen (secondary N) is 2. The predicted octanol–water partition coefficient (Wildman–Crippen LogP) is 14.5. The van der Waals surface area contributed by atoms with Gasteiger partial charge in [-0.3, -0.25) is 4.79 Å². The van der Waals surface area contributed by atoms with Crippen LogP contribution < -0.4 is 11.1 Å². The highest BCUT2D eigenvalue weighted by Gasteiger charge is 2.39. The molecule has 5 aromatic carbocycles. The summed E-state index contributed by atoms with van der Waals surface area (Å²) in [5.41, 5.74) is 4.56. The van der Waals surface area contributed by atoms with Crippen molar-refractivity contribution in [3.8, 4) is 0 Å². The van der Waals surface area contributed by atoms with E-state index in [2.05, 4.69) is 10.3 Å². The zero-order valence-corrected chi connectivity index (χ0v) is 63.4. The van der Waals surface area contributed by atoms with E-state index in [1.54, 1.807) is 67.6 Å². The van der Waals surface area contributed by atoms with Crippen molar-refractivity contribution < 1.29 is 65.9 Å². The number of ether oxygens (including phenoxy) is 2. The number of carbonyl (C=O) groups is 3. The van der Waals surface area contributed by atoms with E-state index in [0.29, 0.717) is 14.9 Å². The van der Waals surface area contributed by atoms with Gasteiger partial charge in [0, 0.05) is 60.5 Å². The van der Waals surface area contributed by atoms with Gasteiger partial charge in [0.25, 0.3) is 35.0 Å². The normalized spacial score (nSPS) is 10.4. The van der Waals surface area contributed by atoms with Gasteiger partial charge < -0.3 is 25.5 Å². The number of aromatic nitrogens is 3. The standard InChI is InChI=1S/C19H20N2O6S2.C17H14ClNO6S2.C11H13N3O3S.C2H7N.8C2H6.CH4/c1-4-27-19(22)17-18(29(25,26)20(2)3)15-12-8-9-13-16(15)21(17)28(23,24)14-10-6-5-7-11-14;1-2-25-17(20)15-16(26(18,21)22)13-10-6-7-11-14(13)19(15)27(23,24)12-8-4-3-5-9-12;1-14(2)18(16,17)10-7-5-3-4-6-8(7)13-9(10)11(12)15;1-3-2;8*1-2;/h5-13H,4H2,1-3H3;3-11H,2H2,1H3;3-6,13H,1-2H3,(H2,12,15);3H,1-2H3;8*1-2H3;1H4. The molecule has 0 fully saturated rings. The van der Waals surface area contributed by atoms with Crippen molar-refractivity contribution in [3.63, 3.8) is 0 Å². The molecule has 532 valence electrons.